The third-order valence-electron chi connectivity index (χ3n) is 3.78. The van der Waals surface area contributed by atoms with Gasteiger partial charge in [-0.2, -0.15) is 0 Å². The molecule has 7 heteroatoms. The number of aliphatic hydroxyl groups is 1. The number of methoxy groups -OCH3 is 1. The number of β-amino-alcohol motifs (C(OH)–C–C–N with tert-alkyl or cyclic N) is 1. The van der Waals surface area contributed by atoms with Crippen molar-refractivity contribution in [2.24, 2.45) is 0 Å². The van der Waals surface area contributed by atoms with Gasteiger partial charge < -0.3 is 9.84 Å². The first kappa shape index (κ1) is 14.0. The molecular weight excluding hydrogens is 270 g/mol. The molecule has 21 heavy (non-hydrogen) atoms. The van der Waals surface area contributed by atoms with Crippen molar-refractivity contribution in [3.05, 3.63) is 36.3 Å². The van der Waals surface area contributed by atoms with Gasteiger partial charge in [-0.05, 0) is 12.5 Å². The quantitative estimate of drug-likeness (QED) is 0.854. The third kappa shape index (κ3) is 3.20. The molecular formula is C14H19N5O2. The van der Waals surface area contributed by atoms with Crippen molar-refractivity contribution in [3.8, 4) is 5.88 Å². The summed E-state index contributed by atoms with van der Waals surface area (Å²) in [5.74, 6) is 0.643. The second kappa shape index (κ2) is 5.79. The van der Waals surface area contributed by atoms with Crippen LogP contribution in [0.15, 0.2) is 30.7 Å². The van der Waals surface area contributed by atoms with Crippen molar-refractivity contribution in [1.29, 1.82) is 0 Å². The van der Waals surface area contributed by atoms with Crippen LogP contribution in [0.25, 0.3) is 0 Å². The number of nitrogens with zero attached hydrogens (tertiary/aromatic N) is 5. The van der Waals surface area contributed by atoms with Crippen molar-refractivity contribution in [2.45, 2.75) is 25.1 Å². The molecule has 0 saturated carbocycles. The number of ether oxygens (including phenoxy) is 1. The first-order chi connectivity index (χ1) is 10.2. The molecule has 112 valence electrons. The third-order valence-corrected chi connectivity index (χ3v) is 3.78. The molecule has 0 spiro atoms. The van der Waals surface area contributed by atoms with Crippen LogP contribution in [0, 0.1) is 0 Å². The van der Waals surface area contributed by atoms with Gasteiger partial charge >= 0.3 is 0 Å². The molecule has 1 fully saturated rings. The lowest BCUT2D eigenvalue weighted by molar-refractivity contribution is 0.0273. The van der Waals surface area contributed by atoms with Gasteiger partial charge in [0.2, 0.25) is 5.88 Å². The minimum atomic E-state index is -0.761. The summed E-state index contributed by atoms with van der Waals surface area (Å²) in [5, 5.41) is 18.3. The van der Waals surface area contributed by atoms with E-state index < -0.39 is 5.60 Å². The van der Waals surface area contributed by atoms with E-state index in [1.807, 2.05) is 12.1 Å². The van der Waals surface area contributed by atoms with Crippen molar-refractivity contribution in [1.82, 2.24) is 24.9 Å². The van der Waals surface area contributed by atoms with Gasteiger partial charge in [-0.25, -0.2) is 9.67 Å². The summed E-state index contributed by atoms with van der Waals surface area (Å²) in [4.78, 5) is 6.41. The van der Waals surface area contributed by atoms with Crippen molar-refractivity contribution < 1.29 is 9.84 Å². The van der Waals surface area contributed by atoms with Gasteiger partial charge in [0.25, 0.3) is 0 Å². The molecule has 2 aromatic heterocycles. The summed E-state index contributed by atoms with van der Waals surface area (Å²) < 4.78 is 6.94. The average molecular weight is 289 g/mol. The number of rotatable bonds is 5. The summed E-state index contributed by atoms with van der Waals surface area (Å²) in [6, 6.07) is 3.90. The first-order valence-corrected chi connectivity index (χ1v) is 6.95. The van der Waals surface area contributed by atoms with E-state index in [1.54, 1.807) is 30.4 Å². The normalized spacial score (nSPS) is 22.6. The number of likely N-dealkylation sites (tertiary alicyclic amines) is 1. The second-order valence-electron chi connectivity index (χ2n) is 5.46. The zero-order valence-corrected chi connectivity index (χ0v) is 12.0. The van der Waals surface area contributed by atoms with Crippen molar-refractivity contribution >= 4 is 0 Å². The lowest BCUT2D eigenvalue weighted by atomic mass is 10.0. The number of hydrogen-bond donors (Lipinski definition) is 1. The van der Waals surface area contributed by atoms with Gasteiger partial charge in [-0.15, -0.1) is 5.10 Å². The van der Waals surface area contributed by atoms with E-state index in [-0.39, 0.29) is 0 Å². The minimum Gasteiger partial charge on any atom is -0.481 e. The largest absolute Gasteiger partial charge is 0.481 e. The summed E-state index contributed by atoms with van der Waals surface area (Å²) in [5.41, 5.74) is 0.272. The highest BCUT2D eigenvalue weighted by Crippen LogP contribution is 2.26. The Morgan fingerprint density at radius 1 is 1.43 bits per heavy atom. The minimum absolute atomic E-state index is 0.466. The summed E-state index contributed by atoms with van der Waals surface area (Å²) in [7, 11) is 1.62. The number of aromatic nitrogens is 4. The predicted molar refractivity (Wildman–Crippen MR) is 75.7 cm³/mol. The van der Waals surface area contributed by atoms with Gasteiger partial charge in [0.15, 0.2) is 0 Å². The number of pyridine rings is 1. The highest BCUT2D eigenvalue weighted by atomic mass is 16.5. The molecule has 1 aliphatic heterocycles. The Balaban J connectivity index is 1.64. The van der Waals surface area contributed by atoms with Gasteiger partial charge in [-0.1, -0.05) is 11.3 Å². The molecule has 7 nitrogen and oxygen atoms in total. The van der Waals surface area contributed by atoms with E-state index in [1.165, 1.54) is 0 Å². The Morgan fingerprint density at radius 3 is 3.10 bits per heavy atom. The summed E-state index contributed by atoms with van der Waals surface area (Å²) in [6.45, 7) is 2.62. The van der Waals surface area contributed by atoms with E-state index in [9.17, 15) is 5.11 Å². The topological polar surface area (TPSA) is 76.3 Å². The van der Waals surface area contributed by atoms with Crippen LogP contribution in [0.5, 0.6) is 5.88 Å². The molecule has 0 bridgehead atoms. The van der Waals surface area contributed by atoms with Crippen LogP contribution in [-0.4, -0.2) is 55.8 Å². The lowest BCUT2D eigenvalue weighted by Crippen LogP contribution is -2.37. The summed E-state index contributed by atoms with van der Waals surface area (Å²) >= 11 is 0. The Bertz CT molecular complexity index is 589. The average Bonchev–Trinajstić information content (AvgIpc) is 3.10. The van der Waals surface area contributed by atoms with E-state index in [4.69, 9.17) is 4.74 Å². The Hall–Kier alpha value is -1.99. The van der Waals surface area contributed by atoms with Crippen LogP contribution < -0.4 is 4.74 Å². The van der Waals surface area contributed by atoms with Gasteiger partial charge in [-0.3, -0.25) is 4.90 Å². The SMILES string of the molecule is COc1ncccc1CN1CCC(O)(Cn2ccnn2)C1. The van der Waals surface area contributed by atoms with Crippen LogP contribution >= 0.6 is 0 Å². The van der Waals surface area contributed by atoms with Crippen LogP contribution in [0.3, 0.4) is 0 Å². The van der Waals surface area contributed by atoms with E-state index in [0.717, 1.165) is 25.1 Å². The molecule has 0 amide bonds. The van der Waals surface area contributed by atoms with Gasteiger partial charge in [0.1, 0.15) is 0 Å². The molecule has 2 aromatic rings. The molecule has 1 unspecified atom stereocenters. The fourth-order valence-electron chi connectivity index (χ4n) is 2.79. The summed E-state index contributed by atoms with van der Waals surface area (Å²) in [6.07, 6.45) is 5.82. The Kier molecular flexibility index (Phi) is 3.85. The maximum Gasteiger partial charge on any atom is 0.217 e. The molecule has 3 rings (SSSR count). The standard InChI is InChI=1S/C14H19N5O2/c1-21-13-12(3-2-5-15-13)9-18-7-4-14(20,10-18)11-19-8-6-16-17-19/h2-3,5-6,8,20H,4,7,9-11H2,1H3. The fourth-order valence-corrected chi connectivity index (χ4v) is 2.79. The molecule has 0 aromatic carbocycles. The maximum atomic E-state index is 10.7. The van der Waals surface area contributed by atoms with Crippen LogP contribution in [0.1, 0.15) is 12.0 Å². The first-order valence-electron chi connectivity index (χ1n) is 6.95. The Labute approximate surface area is 123 Å². The predicted octanol–water partition coefficient (Wildman–Crippen LogP) is 0.319. The molecule has 0 radical (unpaired) electrons. The lowest BCUT2D eigenvalue weighted by Gasteiger charge is -2.23. The number of hydrogen-bond acceptors (Lipinski definition) is 6. The molecule has 1 aliphatic rings. The van der Waals surface area contributed by atoms with Crippen LogP contribution in [0.4, 0.5) is 0 Å². The fraction of sp³-hybridized carbons (Fsp3) is 0.500. The molecule has 1 saturated heterocycles. The highest BCUT2D eigenvalue weighted by Gasteiger charge is 2.36. The zero-order valence-electron chi connectivity index (χ0n) is 12.0. The van der Waals surface area contributed by atoms with Crippen LogP contribution in [-0.2, 0) is 13.1 Å². The zero-order chi connectivity index (χ0) is 14.7. The monoisotopic (exact) mass is 289 g/mol. The smallest absolute Gasteiger partial charge is 0.217 e. The van der Waals surface area contributed by atoms with Crippen molar-refractivity contribution in [3.63, 3.8) is 0 Å². The van der Waals surface area contributed by atoms with Crippen LogP contribution in [0.2, 0.25) is 0 Å². The van der Waals surface area contributed by atoms with E-state index in [0.29, 0.717) is 19.0 Å². The van der Waals surface area contributed by atoms with E-state index >= 15 is 0 Å². The molecule has 1 N–H and O–H groups in total. The highest BCUT2D eigenvalue weighted by molar-refractivity contribution is 5.25. The van der Waals surface area contributed by atoms with E-state index in [2.05, 4.69) is 20.2 Å². The second-order valence-corrected chi connectivity index (χ2v) is 5.46. The molecule has 3 heterocycles. The molecule has 1 atom stereocenters. The van der Waals surface area contributed by atoms with Gasteiger partial charge in [0, 0.05) is 37.6 Å². The van der Waals surface area contributed by atoms with Gasteiger partial charge in [0.05, 0.1) is 25.5 Å². The maximum absolute atomic E-state index is 10.7. The van der Waals surface area contributed by atoms with Crippen molar-refractivity contribution in [2.75, 3.05) is 20.2 Å². The Morgan fingerprint density at radius 2 is 2.33 bits per heavy atom. The molecule has 0 aliphatic carbocycles.